The van der Waals surface area contributed by atoms with Crippen molar-refractivity contribution in [1.29, 1.82) is 0 Å². The smallest absolute Gasteiger partial charge is 0.161 e. The van der Waals surface area contributed by atoms with Crippen molar-refractivity contribution in [2.75, 3.05) is 34.2 Å². The highest BCUT2D eigenvalue weighted by atomic mass is 16.5. The molecule has 0 saturated heterocycles. The molecule has 0 aromatic heterocycles. The molecule has 0 fully saturated rings. The molecule has 28 heavy (non-hydrogen) atoms. The molecule has 0 atom stereocenters. The molecule has 0 aliphatic rings. The second kappa shape index (κ2) is 8.57. The summed E-state index contributed by atoms with van der Waals surface area (Å²) in [6.45, 7) is 0. The van der Waals surface area contributed by atoms with Crippen LogP contribution in [0.3, 0.4) is 0 Å². The summed E-state index contributed by atoms with van der Waals surface area (Å²) in [5.41, 5.74) is 10.1. The van der Waals surface area contributed by atoms with Crippen LogP contribution in [0.5, 0.6) is 23.0 Å². The molecule has 3 aromatic rings. The molecule has 146 valence electrons. The van der Waals surface area contributed by atoms with E-state index < -0.39 is 0 Å². The summed E-state index contributed by atoms with van der Waals surface area (Å²) in [5.74, 6) is 2.58. The maximum absolute atomic E-state index is 6.34. The summed E-state index contributed by atoms with van der Waals surface area (Å²) in [6, 6.07) is 19.7. The number of methoxy groups -OCH3 is 4. The highest BCUT2D eigenvalue weighted by Gasteiger charge is 2.22. The predicted molar refractivity (Wildman–Crippen MR) is 111 cm³/mol. The van der Waals surface area contributed by atoms with E-state index >= 15 is 0 Å². The predicted octanol–water partition coefficient (Wildman–Crippen LogP) is 4.48. The maximum Gasteiger partial charge on any atom is 0.161 e. The van der Waals surface area contributed by atoms with E-state index in [0.29, 0.717) is 23.0 Å². The SMILES string of the molecule is COc1ccc(C(c2ccc(OC)c(OC)c2)c2ccccc2N)cc1OC. The van der Waals surface area contributed by atoms with Crippen LogP contribution < -0.4 is 24.7 Å². The van der Waals surface area contributed by atoms with Gasteiger partial charge in [-0.25, -0.2) is 0 Å². The van der Waals surface area contributed by atoms with Crippen molar-refractivity contribution in [2.24, 2.45) is 0 Å². The Kier molecular flexibility index (Phi) is 5.94. The molecule has 3 aromatic carbocycles. The Morgan fingerprint density at radius 3 is 1.50 bits per heavy atom. The quantitative estimate of drug-likeness (QED) is 0.484. The first-order valence-corrected chi connectivity index (χ1v) is 8.91. The average molecular weight is 379 g/mol. The van der Waals surface area contributed by atoms with Gasteiger partial charge in [-0.3, -0.25) is 0 Å². The normalized spacial score (nSPS) is 10.6. The fraction of sp³-hybridized carbons (Fsp3) is 0.217. The third-order valence-corrected chi connectivity index (χ3v) is 4.79. The fourth-order valence-corrected chi connectivity index (χ4v) is 3.39. The minimum absolute atomic E-state index is 0.110. The number of para-hydroxylation sites is 1. The van der Waals surface area contributed by atoms with Crippen molar-refractivity contribution >= 4 is 5.69 Å². The van der Waals surface area contributed by atoms with Crippen LogP contribution in [-0.2, 0) is 0 Å². The largest absolute Gasteiger partial charge is 0.493 e. The van der Waals surface area contributed by atoms with Crippen molar-refractivity contribution in [2.45, 2.75) is 5.92 Å². The van der Waals surface area contributed by atoms with E-state index in [-0.39, 0.29) is 5.92 Å². The number of nitrogen functional groups attached to an aromatic ring is 1. The number of ether oxygens (including phenoxy) is 4. The molecule has 0 radical (unpaired) electrons. The lowest BCUT2D eigenvalue weighted by Crippen LogP contribution is -2.07. The zero-order valence-electron chi connectivity index (χ0n) is 16.6. The minimum atomic E-state index is -0.110. The van der Waals surface area contributed by atoms with Crippen LogP contribution >= 0.6 is 0 Å². The van der Waals surface area contributed by atoms with Gasteiger partial charge in [0.1, 0.15) is 0 Å². The average Bonchev–Trinajstić information content (AvgIpc) is 2.74. The van der Waals surface area contributed by atoms with Gasteiger partial charge in [0.05, 0.1) is 28.4 Å². The van der Waals surface area contributed by atoms with E-state index in [9.17, 15) is 0 Å². The van der Waals surface area contributed by atoms with Gasteiger partial charge < -0.3 is 24.7 Å². The van der Waals surface area contributed by atoms with Gasteiger partial charge in [-0.15, -0.1) is 0 Å². The lowest BCUT2D eigenvalue weighted by molar-refractivity contribution is 0.354. The van der Waals surface area contributed by atoms with Crippen LogP contribution in [0.15, 0.2) is 60.7 Å². The Balaban J connectivity index is 2.21. The molecule has 5 nitrogen and oxygen atoms in total. The number of nitrogens with two attached hydrogens (primary N) is 1. The topological polar surface area (TPSA) is 62.9 Å². The second-order valence-electron chi connectivity index (χ2n) is 6.29. The van der Waals surface area contributed by atoms with Crippen molar-refractivity contribution in [3.05, 3.63) is 77.4 Å². The Morgan fingerprint density at radius 2 is 1.07 bits per heavy atom. The van der Waals surface area contributed by atoms with Gasteiger partial charge >= 0.3 is 0 Å². The molecule has 0 heterocycles. The van der Waals surface area contributed by atoms with Crippen LogP contribution in [0.4, 0.5) is 5.69 Å². The van der Waals surface area contributed by atoms with Crippen molar-refractivity contribution in [3.63, 3.8) is 0 Å². The number of benzene rings is 3. The lowest BCUT2D eigenvalue weighted by atomic mass is 9.84. The molecular formula is C23H25NO4. The molecule has 0 spiro atoms. The van der Waals surface area contributed by atoms with E-state index in [1.54, 1.807) is 28.4 Å². The highest BCUT2D eigenvalue weighted by molar-refractivity contribution is 5.59. The van der Waals surface area contributed by atoms with E-state index in [1.807, 2.05) is 60.7 Å². The minimum Gasteiger partial charge on any atom is -0.493 e. The zero-order valence-corrected chi connectivity index (χ0v) is 16.6. The lowest BCUT2D eigenvalue weighted by Gasteiger charge is -2.22. The molecule has 2 N–H and O–H groups in total. The highest BCUT2D eigenvalue weighted by Crippen LogP contribution is 2.41. The van der Waals surface area contributed by atoms with Gasteiger partial charge in [0, 0.05) is 11.6 Å². The first-order chi connectivity index (χ1) is 13.6. The first-order valence-electron chi connectivity index (χ1n) is 8.91. The molecule has 0 amide bonds. The third-order valence-electron chi connectivity index (χ3n) is 4.79. The zero-order chi connectivity index (χ0) is 20.1. The van der Waals surface area contributed by atoms with Gasteiger partial charge in [0.2, 0.25) is 0 Å². The second-order valence-corrected chi connectivity index (χ2v) is 6.29. The molecular weight excluding hydrogens is 354 g/mol. The summed E-state index contributed by atoms with van der Waals surface area (Å²) >= 11 is 0. The number of hydrogen-bond acceptors (Lipinski definition) is 5. The molecule has 3 rings (SSSR count). The van der Waals surface area contributed by atoms with Crippen molar-refractivity contribution < 1.29 is 18.9 Å². The van der Waals surface area contributed by atoms with E-state index in [2.05, 4.69) is 0 Å². The maximum atomic E-state index is 6.34. The molecule has 5 heteroatoms. The fourth-order valence-electron chi connectivity index (χ4n) is 3.39. The van der Waals surface area contributed by atoms with Crippen LogP contribution in [-0.4, -0.2) is 28.4 Å². The van der Waals surface area contributed by atoms with Gasteiger partial charge in [-0.05, 0) is 47.0 Å². The number of hydrogen-bond donors (Lipinski definition) is 1. The van der Waals surface area contributed by atoms with Gasteiger partial charge in [0.25, 0.3) is 0 Å². The summed E-state index contributed by atoms with van der Waals surface area (Å²) in [5, 5.41) is 0. The molecule has 0 aliphatic carbocycles. The molecule has 0 saturated carbocycles. The Labute approximate surface area is 165 Å². The first kappa shape index (κ1) is 19.4. The Morgan fingerprint density at radius 1 is 0.607 bits per heavy atom. The van der Waals surface area contributed by atoms with Crippen LogP contribution in [0.25, 0.3) is 0 Å². The van der Waals surface area contributed by atoms with E-state index in [0.717, 1.165) is 22.4 Å². The van der Waals surface area contributed by atoms with Gasteiger partial charge in [0.15, 0.2) is 23.0 Å². The Hall–Kier alpha value is -3.34. The number of rotatable bonds is 7. The van der Waals surface area contributed by atoms with Gasteiger partial charge in [-0.1, -0.05) is 30.3 Å². The summed E-state index contributed by atoms with van der Waals surface area (Å²) in [4.78, 5) is 0. The van der Waals surface area contributed by atoms with Gasteiger partial charge in [-0.2, -0.15) is 0 Å². The van der Waals surface area contributed by atoms with Crippen molar-refractivity contribution in [1.82, 2.24) is 0 Å². The standard InChI is InChI=1S/C23H25NO4/c1-25-19-11-9-15(13-21(19)27-3)23(17-7-5-6-8-18(17)24)16-10-12-20(26-2)22(14-16)28-4/h5-14,23H,24H2,1-4H3. The molecule has 0 bridgehead atoms. The number of anilines is 1. The van der Waals surface area contributed by atoms with Crippen LogP contribution in [0, 0.1) is 0 Å². The Bertz CT molecular complexity index is 900. The summed E-state index contributed by atoms with van der Waals surface area (Å²) in [6.07, 6.45) is 0. The summed E-state index contributed by atoms with van der Waals surface area (Å²) in [7, 11) is 6.50. The third kappa shape index (κ3) is 3.69. The molecule has 0 aliphatic heterocycles. The van der Waals surface area contributed by atoms with Crippen LogP contribution in [0.2, 0.25) is 0 Å². The summed E-state index contributed by atoms with van der Waals surface area (Å²) < 4.78 is 21.8. The van der Waals surface area contributed by atoms with E-state index in [4.69, 9.17) is 24.7 Å². The molecule has 0 unspecified atom stereocenters. The van der Waals surface area contributed by atoms with Crippen molar-refractivity contribution in [3.8, 4) is 23.0 Å². The van der Waals surface area contributed by atoms with E-state index in [1.165, 1.54) is 0 Å². The monoisotopic (exact) mass is 379 g/mol. The van der Waals surface area contributed by atoms with Crippen LogP contribution in [0.1, 0.15) is 22.6 Å².